The molecule has 3 aromatic rings. The fraction of sp³-hybridized carbons (Fsp3) is 0. The first-order chi connectivity index (χ1) is 14.4. The maximum atomic E-state index is 12.9. The third kappa shape index (κ3) is 3.00. The van der Waals surface area contributed by atoms with Crippen molar-refractivity contribution >= 4 is 28.8 Å². The lowest BCUT2D eigenvalue weighted by atomic mass is 9.83. The lowest BCUT2D eigenvalue weighted by Gasteiger charge is -2.19. The number of fused-ring (bicyclic) bond motifs is 2. The summed E-state index contributed by atoms with van der Waals surface area (Å²) in [5.74, 6) is -1.36. The molecule has 0 saturated heterocycles. The molecule has 144 valence electrons. The molecule has 3 aromatic carbocycles. The van der Waals surface area contributed by atoms with E-state index in [-0.39, 0.29) is 56.3 Å². The average molecular weight is 397 g/mol. The minimum atomic E-state index is -0.615. The lowest BCUT2D eigenvalue weighted by Crippen LogP contribution is -2.22. The van der Waals surface area contributed by atoms with Gasteiger partial charge < -0.3 is 5.32 Å². The number of amides is 1. The van der Waals surface area contributed by atoms with Gasteiger partial charge in [-0.3, -0.25) is 24.5 Å². The Morgan fingerprint density at radius 1 is 0.900 bits per heavy atom. The molecule has 0 unspecified atom stereocenters. The first kappa shape index (κ1) is 18.7. The van der Waals surface area contributed by atoms with E-state index in [0.717, 1.165) is 0 Å². The molecule has 0 fully saturated rings. The van der Waals surface area contributed by atoms with Crippen molar-refractivity contribution in [3.8, 4) is 6.07 Å². The van der Waals surface area contributed by atoms with Crippen molar-refractivity contribution in [2.24, 2.45) is 0 Å². The Morgan fingerprint density at radius 2 is 1.47 bits per heavy atom. The van der Waals surface area contributed by atoms with Crippen molar-refractivity contribution < 1.29 is 19.3 Å². The van der Waals surface area contributed by atoms with Crippen molar-refractivity contribution in [1.82, 2.24) is 0 Å². The SMILES string of the molecule is N#Cc1cc2c(cc1NC(=O)c1ccc([N+](=O)[O-])cc1)C(=O)c1ccccc1C2=O. The minimum Gasteiger partial charge on any atom is -0.321 e. The third-order valence-electron chi connectivity index (χ3n) is 4.77. The molecule has 8 nitrogen and oxygen atoms in total. The van der Waals surface area contributed by atoms with E-state index in [9.17, 15) is 29.8 Å². The third-order valence-corrected chi connectivity index (χ3v) is 4.77. The average Bonchev–Trinajstić information content (AvgIpc) is 2.77. The molecule has 0 radical (unpaired) electrons. The fourth-order valence-electron chi connectivity index (χ4n) is 3.27. The van der Waals surface area contributed by atoms with Crippen LogP contribution in [0.15, 0.2) is 60.7 Å². The topological polar surface area (TPSA) is 130 Å². The van der Waals surface area contributed by atoms with Gasteiger partial charge in [-0.15, -0.1) is 0 Å². The maximum absolute atomic E-state index is 12.9. The summed E-state index contributed by atoms with van der Waals surface area (Å²) in [4.78, 5) is 48.3. The zero-order chi connectivity index (χ0) is 21.4. The second-order valence-electron chi connectivity index (χ2n) is 6.52. The molecule has 30 heavy (non-hydrogen) atoms. The minimum absolute atomic E-state index is 0.0181. The number of nitriles is 1. The molecule has 1 N–H and O–H groups in total. The van der Waals surface area contributed by atoms with Gasteiger partial charge in [0, 0.05) is 39.9 Å². The Bertz CT molecular complexity index is 1300. The van der Waals surface area contributed by atoms with E-state index in [1.54, 1.807) is 24.3 Å². The number of rotatable bonds is 3. The monoisotopic (exact) mass is 397 g/mol. The van der Waals surface area contributed by atoms with Crippen LogP contribution >= 0.6 is 0 Å². The second-order valence-corrected chi connectivity index (χ2v) is 6.52. The highest BCUT2D eigenvalue weighted by Crippen LogP contribution is 2.31. The summed E-state index contributed by atoms with van der Waals surface area (Å²) in [7, 11) is 0. The number of ketones is 2. The van der Waals surface area contributed by atoms with Crippen molar-refractivity contribution in [2.75, 3.05) is 5.32 Å². The van der Waals surface area contributed by atoms with E-state index in [1.165, 1.54) is 36.4 Å². The normalized spacial score (nSPS) is 11.8. The van der Waals surface area contributed by atoms with Crippen molar-refractivity contribution in [1.29, 1.82) is 5.26 Å². The van der Waals surface area contributed by atoms with Gasteiger partial charge in [0.15, 0.2) is 11.6 Å². The first-order valence-corrected chi connectivity index (χ1v) is 8.73. The molecule has 4 rings (SSSR count). The lowest BCUT2D eigenvalue weighted by molar-refractivity contribution is -0.384. The van der Waals surface area contributed by atoms with Gasteiger partial charge in [0.25, 0.3) is 11.6 Å². The van der Waals surface area contributed by atoms with Crippen LogP contribution in [0.25, 0.3) is 0 Å². The Balaban J connectivity index is 1.72. The van der Waals surface area contributed by atoms with Crippen LogP contribution in [0.1, 0.15) is 47.8 Å². The molecule has 1 aliphatic rings. The predicted molar refractivity (Wildman–Crippen MR) is 106 cm³/mol. The summed E-state index contributed by atoms with van der Waals surface area (Å²) in [6.45, 7) is 0. The Hall–Kier alpha value is -4.64. The quantitative estimate of drug-likeness (QED) is 0.416. The molecule has 0 aromatic heterocycles. The first-order valence-electron chi connectivity index (χ1n) is 8.73. The zero-order valence-electron chi connectivity index (χ0n) is 15.2. The van der Waals surface area contributed by atoms with Crippen molar-refractivity contribution in [2.45, 2.75) is 0 Å². The van der Waals surface area contributed by atoms with Gasteiger partial charge in [0.05, 0.1) is 16.2 Å². The maximum Gasteiger partial charge on any atom is 0.269 e. The molecular formula is C22H11N3O5. The standard InChI is InChI=1S/C22H11N3O5/c23-11-13-9-17-18(21(27)16-4-2-1-3-15(16)20(17)26)10-19(13)24-22(28)12-5-7-14(8-6-12)25(29)30/h1-10H,(H,24,28). The van der Waals surface area contributed by atoms with Gasteiger partial charge in [0.1, 0.15) is 6.07 Å². The largest absolute Gasteiger partial charge is 0.321 e. The molecule has 0 spiro atoms. The number of anilines is 1. The Kier molecular flexibility index (Phi) is 4.41. The number of carbonyl (C=O) groups excluding carboxylic acids is 3. The van der Waals surface area contributed by atoms with Crippen LogP contribution in [0.5, 0.6) is 0 Å². The van der Waals surface area contributed by atoms with Crippen LogP contribution in [-0.4, -0.2) is 22.4 Å². The highest BCUT2D eigenvalue weighted by atomic mass is 16.6. The van der Waals surface area contributed by atoms with Crippen LogP contribution in [-0.2, 0) is 0 Å². The number of nitro groups is 1. The summed E-state index contributed by atoms with van der Waals surface area (Å²) in [5, 5.41) is 22.8. The Labute approximate surface area is 169 Å². The molecule has 0 bridgehead atoms. The van der Waals surface area contributed by atoms with Gasteiger partial charge in [-0.05, 0) is 24.3 Å². The highest BCUT2D eigenvalue weighted by molar-refractivity contribution is 6.29. The predicted octanol–water partition coefficient (Wildman–Crippen LogP) is 3.49. The van der Waals surface area contributed by atoms with Crippen LogP contribution in [0, 0.1) is 21.4 Å². The summed E-state index contributed by atoms with van der Waals surface area (Å²) < 4.78 is 0. The molecule has 0 atom stereocenters. The number of nitro benzene ring substituents is 1. The van der Waals surface area contributed by atoms with Gasteiger partial charge in [-0.1, -0.05) is 24.3 Å². The second kappa shape index (κ2) is 7.07. The number of benzene rings is 3. The van der Waals surface area contributed by atoms with E-state index in [1.807, 2.05) is 6.07 Å². The highest BCUT2D eigenvalue weighted by Gasteiger charge is 2.30. The molecular weight excluding hydrogens is 386 g/mol. The number of carbonyl (C=O) groups is 3. The number of hydrogen-bond acceptors (Lipinski definition) is 6. The van der Waals surface area contributed by atoms with E-state index < -0.39 is 10.8 Å². The van der Waals surface area contributed by atoms with E-state index in [0.29, 0.717) is 0 Å². The molecule has 0 saturated carbocycles. The zero-order valence-corrected chi connectivity index (χ0v) is 15.2. The molecule has 1 amide bonds. The van der Waals surface area contributed by atoms with Crippen molar-refractivity contribution in [3.05, 3.63) is 104 Å². The van der Waals surface area contributed by atoms with Gasteiger partial charge in [-0.25, -0.2) is 0 Å². The van der Waals surface area contributed by atoms with E-state index in [4.69, 9.17) is 0 Å². The van der Waals surface area contributed by atoms with E-state index >= 15 is 0 Å². The Morgan fingerprint density at radius 3 is 2.00 bits per heavy atom. The van der Waals surface area contributed by atoms with Crippen LogP contribution in [0.4, 0.5) is 11.4 Å². The number of nitrogens with one attached hydrogen (secondary N) is 1. The van der Waals surface area contributed by atoms with E-state index in [2.05, 4.69) is 5.32 Å². The van der Waals surface area contributed by atoms with Gasteiger partial charge >= 0.3 is 0 Å². The molecule has 0 aliphatic heterocycles. The summed E-state index contributed by atoms with van der Waals surface area (Å²) in [5.41, 5.74) is 0.773. The van der Waals surface area contributed by atoms with Gasteiger partial charge in [-0.2, -0.15) is 5.26 Å². The summed E-state index contributed by atoms with van der Waals surface area (Å²) in [6, 6.07) is 15.9. The summed E-state index contributed by atoms with van der Waals surface area (Å²) >= 11 is 0. The summed E-state index contributed by atoms with van der Waals surface area (Å²) in [6.07, 6.45) is 0. The number of hydrogen-bond donors (Lipinski definition) is 1. The smallest absolute Gasteiger partial charge is 0.269 e. The van der Waals surface area contributed by atoms with Crippen LogP contribution in [0.2, 0.25) is 0 Å². The van der Waals surface area contributed by atoms with Crippen molar-refractivity contribution in [3.63, 3.8) is 0 Å². The van der Waals surface area contributed by atoms with Gasteiger partial charge in [0.2, 0.25) is 0 Å². The van der Waals surface area contributed by atoms with Crippen LogP contribution in [0.3, 0.4) is 0 Å². The fourth-order valence-corrected chi connectivity index (χ4v) is 3.27. The number of non-ortho nitro benzene ring substituents is 1. The molecule has 0 heterocycles. The van der Waals surface area contributed by atoms with Crippen LogP contribution < -0.4 is 5.32 Å². The molecule has 1 aliphatic carbocycles. The molecule has 8 heteroatoms. The number of nitrogens with zero attached hydrogens (tertiary/aromatic N) is 2.